The van der Waals surface area contributed by atoms with Crippen LogP contribution in [0, 0.1) is 12.7 Å². The maximum absolute atomic E-state index is 13.7. The van der Waals surface area contributed by atoms with Crippen LogP contribution in [0.1, 0.15) is 15.9 Å². The zero-order chi connectivity index (χ0) is 21.3. The number of sulfonamides is 1. The lowest BCUT2D eigenvalue weighted by atomic mass is 10.2. The number of benzene rings is 3. The van der Waals surface area contributed by atoms with Crippen molar-refractivity contribution in [2.24, 2.45) is 0 Å². The molecule has 0 unspecified atom stereocenters. The van der Waals surface area contributed by atoms with Crippen LogP contribution in [-0.2, 0) is 10.0 Å². The summed E-state index contributed by atoms with van der Waals surface area (Å²) in [5.41, 5.74) is 1.14. The minimum Gasteiger partial charge on any atom is -0.454 e. The van der Waals surface area contributed by atoms with Crippen molar-refractivity contribution in [3.8, 4) is 11.5 Å². The van der Waals surface area contributed by atoms with Gasteiger partial charge in [-0.05, 0) is 55.0 Å². The van der Waals surface area contributed by atoms with Crippen LogP contribution >= 0.6 is 0 Å². The van der Waals surface area contributed by atoms with Crippen molar-refractivity contribution in [3.63, 3.8) is 0 Å². The topological polar surface area (TPSA) is 93.7 Å². The van der Waals surface area contributed by atoms with Crippen molar-refractivity contribution in [3.05, 3.63) is 77.6 Å². The van der Waals surface area contributed by atoms with Gasteiger partial charge in [0.25, 0.3) is 15.9 Å². The van der Waals surface area contributed by atoms with Gasteiger partial charge in [-0.1, -0.05) is 12.1 Å². The summed E-state index contributed by atoms with van der Waals surface area (Å²) in [6.45, 7) is 1.69. The first-order chi connectivity index (χ1) is 14.3. The molecule has 7 nitrogen and oxygen atoms in total. The molecule has 1 aliphatic rings. The second-order valence-corrected chi connectivity index (χ2v) is 8.30. The Morgan fingerprint density at radius 2 is 1.73 bits per heavy atom. The zero-order valence-electron chi connectivity index (χ0n) is 15.8. The standard InChI is InChI=1S/C21H17FN2O5S/c1-13-5-6-15(10-18(13)22)23-21(25)14-3-2-4-17(9-14)30(26,27)24-16-7-8-19-20(11-16)29-12-28-19/h2-11,24H,12H2,1H3,(H,23,25). The first-order valence-electron chi connectivity index (χ1n) is 8.92. The molecule has 4 rings (SSSR count). The van der Waals surface area contributed by atoms with Gasteiger partial charge in [0.05, 0.1) is 10.6 Å². The SMILES string of the molecule is Cc1ccc(NC(=O)c2cccc(S(=O)(=O)Nc3ccc4c(c3)OCO4)c2)cc1F. The number of aryl methyl sites for hydroxylation is 1. The quantitative estimate of drug-likeness (QED) is 0.643. The molecule has 0 saturated heterocycles. The van der Waals surface area contributed by atoms with E-state index in [1.807, 2.05) is 0 Å². The van der Waals surface area contributed by atoms with E-state index in [0.29, 0.717) is 22.7 Å². The van der Waals surface area contributed by atoms with E-state index < -0.39 is 21.7 Å². The molecular formula is C21H17FN2O5S. The molecule has 0 fully saturated rings. The predicted molar refractivity (Wildman–Crippen MR) is 109 cm³/mol. The highest BCUT2D eigenvalue weighted by Gasteiger charge is 2.19. The Morgan fingerprint density at radius 1 is 0.967 bits per heavy atom. The summed E-state index contributed by atoms with van der Waals surface area (Å²) in [7, 11) is -3.96. The molecule has 0 aliphatic carbocycles. The monoisotopic (exact) mass is 428 g/mol. The van der Waals surface area contributed by atoms with Crippen LogP contribution in [0.4, 0.5) is 15.8 Å². The number of nitrogens with one attached hydrogen (secondary N) is 2. The molecule has 0 radical (unpaired) electrons. The summed E-state index contributed by atoms with van der Waals surface area (Å²) in [6.07, 6.45) is 0. The largest absolute Gasteiger partial charge is 0.454 e. The molecular weight excluding hydrogens is 411 g/mol. The lowest BCUT2D eigenvalue weighted by Crippen LogP contribution is -2.16. The van der Waals surface area contributed by atoms with E-state index in [1.54, 1.807) is 31.2 Å². The lowest BCUT2D eigenvalue weighted by Gasteiger charge is -2.11. The fourth-order valence-corrected chi connectivity index (χ4v) is 3.95. The van der Waals surface area contributed by atoms with Gasteiger partial charge in [-0.2, -0.15) is 0 Å². The molecule has 0 spiro atoms. The van der Waals surface area contributed by atoms with E-state index in [-0.39, 0.29) is 22.9 Å². The fourth-order valence-electron chi connectivity index (χ4n) is 2.85. The van der Waals surface area contributed by atoms with Crippen molar-refractivity contribution in [2.75, 3.05) is 16.8 Å². The molecule has 9 heteroatoms. The Hall–Kier alpha value is -3.59. The summed E-state index contributed by atoms with van der Waals surface area (Å²) in [5.74, 6) is -0.0340. The molecule has 2 N–H and O–H groups in total. The van der Waals surface area contributed by atoms with Crippen molar-refractivity contribution in [2.45, 2.75) is 11.8 Å². The summed E-state index contributed by atoms with van der Waals surface area (Å²) in [5, 5.41) is 2.56. The lowest BCUT2D eigenvalue weighted by molar-refractivity contribution is 0.102. The third-order valence-corrected chi connectivity index (χ3v) is 5.84. The molecule has 0 bridgehead atoms. The Bertz CT molecular complexity index is 1240. The molecule has 0 atom stereocenters. The molecule has 154 valence electrons. The Labute approximate surface area is 172 Å². The van der Waals surface area contributed by atoms with Gasteiger partial charge in [-0.25, -0.2) is 12.8 Å². The van der Waals surface area contributed by atoms with Crippen LogP contribution in [-0.4, -0.2) is 21.1 Å². The summed E-state index contributed by atoms with van der Waals surface area (Å²) in [4.78, 5) is 12.4. The van der Waals surface area contributed by atoms with Gasteiger partial charge in [0.1, 0.15) is 5.82 Å². The highest BCUT2D eigenvalue weighted by molar-refractivity contribution is 7.92. The summed E-state index contributed by atoms with van der Waals surface area (Å²) in [6, 6.07) is 14.5. The van der Waals surface area contributed by atoms with Crippen molar-refractivity contribution >= 4 is 27.3 Å². The number of fused-ring (bicyclic) bond motifs is 1. The second-order valence-electron chi connectivity index (χ2n) is 6.62. The molecule has 0 saturated carbocycles. The number of carbonyl (C=O) groups is 1. The van der Waals surface area contributed by atoms with E-state index in [0.717, 1.165) is 0 Å². The van der Waals surface area contributed by atoms with Crippen molar-refractivity contribution in [1.29, 1.82) is 0 Å². The predicted octanol–water partition coefficient (Wildman–Crippen LogP) is 3.92. The second kappa shape index (κ2) is 7.68. The van der Waals surface area contributed by atoms with Gasteiger partial charge < -0.3 is 14.8 Å². The van der Waals surface area contributed by atoms with Gasteiger partial charge in [-0.3, -0.25) is 9.52 Å². The van der Waals surface area contributed by atoms with Gasteiger partial charge in [0.15, 0.2) is 11.5 Å². The van der Waals surface area contributed by atoms with E-state index in [1.165, 1.54) is 36.4 Å². The number of rotatable bonds is 5. The van der Waals surface area contributed by atoms with E-state index >= 15 is 0 Å². The molecule has 30 heavy (non-hydrogen) atoms. The van der Waals surface area contributed by atoms with E-state index in [9.17, 15) is 17.6 Å². The molecule has 3 aromatic carbocycles. The number of anilines is 2. The van der Waals surface area contributed by atoms with Crippen LogP contribution < -0.4 is 19.5 Å². The Morgan fingerprint density at radius 3 is 2.53 bits per heavy atom. The maximum atomic E-state index is 13.7. The van der Waals surface area contributed by atoms with Crippen LogP contribution in [0.5, 0.6) is 11.5 Å². The Balaban J connectivity index is 1.54. The highest BCUT2D eigenvalue weighted by Crippen LogP contribution is 2.34. The number of hydrogen-bond donors (Lipinski definition) is 2. The van der Waals surface area contributed by atoms with E-state index in [4.69, 9.17) is 9.47 Å². The first kappa shape index (κ1) is 19.7. The normalized spacial score (nSPS) is 12.5. The molecule has 3 aromatic rings. The van der Waals surface area contributed by atoms with Gasteiger partial charge in [0, 0.05) is 17.3 Å². The Kier molecular flexibility index (Phi) is 5.04. The smallest absolute Gasteiger partial charge is 0.261 e. The van der Waals surface area contributed by atoms with Crippen LogP contribution in [0.15, 0.2) is 65.6 Å². The van der Waals surface area contributed by atoms with Crippen molar-refractivity contribution in [1.82, 2.24) is 0 Å². The number of ether oxygens (including phenoxy) is 2. The number of halogens is 1. The van der Waals surface area contributed by atoms with Crippen molar-refractivity contribution < 1.29 is 27.1 Å². The third kappa shape index (κ3) is 4.06. The summed E-state index contributed by atoms with van der Waals surface area (Å²) >= 11 is 0. The van der Waals surface area contributed by atoms with Crippen LogP contribution in [0.3, 0.4) is 0 Å². The highest BCUT2D eigenvalue weighted by atomic mass is 32.2. The van der Waals surface area contributed by atoms with Crippen LogP contribution in [0.25, 0.3) is 0 Å². The third-order valence-electron chi connectivity index (χ3n) is 4.46. The number of amides is 1. The average molecular weight is 428 g/mol. The van der Waals surface area contributed by atoms with Crippen LogP contribution in [0.2, 0.25) is 0 Å². The minimum atomic E-state index is -3.96. The maximum Gasteiger partial charge on any atom is 0.261 e. The van der Waals surface area contributed by atoms with E-state index in [2.05, 4.69) is 10.0 Å². The van der Waals surface area contributed by atoms with Gasteiger partial charge >= 0.3 is 0 Å². The average Bonchev–Trinajstić information content (AvgIpc) is 3.18. The molecule has 0 aromatic heterocycles. The zero-order valence-corrected chi connectivity index (χ0v) is 16.6. The fraction of sp³-hybridized carbons (Fsp3) is 0.0952. The van der Waals surface area contributed by atoms with Gasteiger partial charge in [0.2, 0.25) is 6.79 Å². The van der Waals surface area contributed by atoms with Gasteiger partial charge in [-0.15, -0.1) is 0 Å². The molecule has 1 heterocycles. The summed E-state index contributed by atoms with van der Waals surface area (Å²) < 4.78 is 52.1. The minimum absolute atomic E-state index is 0.0770. The number of carbonyl (C=O) groups excluding carboxylic acids is 1. The first-order valence-corrected chi connectivity index (χ1v) is 10.4. The number of hydrogen-bond acceptors (Lipinski definition) is 5. The molecule has 1 amide bonds. The molecule has 1 aliphatic heterocycles.